The molecule has 0 saturated carbocycles. The third kappa shape index (κ3) is 4.14. The quantitative estimate of drug-likeness (QED) is 0.678. The van der Waals surface area contributed by atoms with Gasteiger partial charge in [0.1, 0.15) is 17.4 Å². The first kappa shape index (κ1) is 17.1. The van der Waals surface area contributed by atoms with Crippen LogP contribution in [0.15, 0.2) is 54.1 Å². The van der Waals surface area contributed by atoms with Gasteiger partial charge in [-0.1, -0.05) is 18.2 Å². The number of nitriles is 1. The van der Waals surface area contributed by atoms with Gasteiger partial charge in [0.05, 0.1) is 7.11 Å². The molecule has 0 atom stereocenters. The maximum absolute atomic E-state index is 12.3. The molecule has 2 rings (SSSR count). The first-order chi connectivity index (χ1) is 11.5. The normalized spacial score (nSPS) is 10.7. The van der Waals surface area contributed by atoms with Gasteiger partial charge in [-0.15, -0.1) is 0 Å². The molecule has 5 nitrogen and oxygen atoms in total. The lowest BCUT2D eigenvalue weighted by Gasteiger charge is -2.13. The molecule has 0 aliphatic heterocycles. The zero-order valence-corrected chi connectivity index (χ0v) is 13.9. The van der Waals surface area contributed by atoms with Crippen molar-refractivity contribution in [3.05, 3.63) is 59.7 Å². The van der Waals surface area contributed by atoms with Crippen molar-refractivity contribution in [3.8, 4) is 11.8 Å². The number of methoxy groups -OCH3 is 1. The summed E-state index contributed by atoms with van der Waals surface area (Å²) in [6, 6.07) is 16.5. The summed E-state index contributed by atoms with van der Waals surface area (Å²) in [6.07, 6.45) is 1.52. The Bertz CT molecular complexity index is 787. The van der Waals surface area contributed by atoms with E-state index in [4.69, 9.17) is 4.74 Å². The van der Waals surface area contributed by atoms with E-state index in [1.54, 1.807) is 31.4 Å². The number of nitrogens with one attached hydrogen (secondary N) is 1. The topological polar surface area (TPSA) is 65.4 Å². The summed E-state index contributed by atoms with van der Waals surface area (Å²) in [7, 11) is 5.43. The van der Waals surface area contributed by atoms with E-state index in [-0.39, 0.29) is 5.57 Å². The van der Waals surface area contributed by atoms with Gasteiger partial charge in [0.2, 0.25) is 0 Å². The maximum atomic E-state index is 12.3. The lowest BCUT2D eigenvalue weighted by atomic mass is 10.1. The molecule has 5 heteroatoms. The Kier molecular flexibility index (Phi) is 5.58. The van der Waals surface area contributed by atoms with Crippen LogP contribution < -0.4 is 15.0 Å². The average molecular weight is 321 g/mol. The van der Waals surface area contributed by atoms with E-state index in [2.05, 4.69) is 5.32 Å². The van der Waals surface area contributed by atoms with Gasteiger partial charge in [0.25, 0.3) is 5.91 Å². The van der Waals surface area contributed by atoms with Crippen LogP contribution in [-0.2, 0) is 4.79 Å². The van der Waals surface area contributed by atoms with Crippen LogP contribution in [0.5, 0.6) is 5.75 Å². The van der Waals surface area contributed by atoms with Crippen LogP contribution in [0.1, 0.15) is 5.56 Å². The number of para-hydroxylation sites is 1. The lowest BCUT2D eigenvalue weighted by molar-refractivity contribution is -0.112. The minimum atomic E-state index is -0.457. The summed E-state index contributed by atoms with van der Waals surface area (Å²) in [5.41, 5.74) is 2.34. The number of ether oxygens (including phenoxy) is 1. The van der Waals surface area contributed by atoms with Crippen LogP contribution in [-0.4, -0.2) is 27.1 Å². The van der Waals surface area contributed by atoms with E-state index in [0.717, 1.165) is 5.69 Å². The Morgan fingerprint density at radius 1 is 1.17 bits per heavy atom. The van der Waals surface area contributed by atoms with Crippen molar-refractivity contribution in [2.45, 2.75) is 0 Å². The lowest BCUT2D eigenvalue weighted by Crippen LogP contribution is -2.14. The molecule has 0 radical (unpaired) electrons. The number of nitrogens with zero attached hydrogens (tertiary/aromatic N) is 2. The number of anilines is 2. The van der Waals surface area contributed by atoms with Crippen LogP contribution in [0.2, 0.25) is 0 Å². The largest absolute Gasteiger partial charge is 0.496 e. The first-order valence-electron chi connectivity index (χ1n) is 7.38. The van der Waals surface area contributed by atoms with Gasteiger partial charge >= 0.3 is 0 Å². The minimum Gasteiger partial charge on any atom is -0.496 e. The SMILES string of the molecule is COc1ccccc1/C=C(\C#N)C(=O)Nc1ccc(N(C)C)cc1. The van der Waals surface area contributed by atoms with Crippen molar-refractivity contribution in [3.63, 3.8) is 0 Å². The molecule has 2 aromatic carbocycles. The smallest absolute Gasteiger partial charge is 0.266 e. The number of amides is 1. The van der Waals surface area contributed by atoms with E-state index in [0.29, 0.717) is 17.0 Å². The van der Waals surface area contributed by atoms with Gasteiger partial charge in [-0.05, 0) is 36.4 Å². The van der Waals surface area contributed by atoms with Crippen LogP contribution in [0.4, 0.5) is 11.4 Å². The maximum Gasteiger partial charge on any atom is 0.266 e. The van der Waals surface area contributed by atoms with Crippen molar-refractivity contribution in [2.75, 3.05) is 31.4 Å². The second-order valence-corrected chi connectivity index (χ2v) is 5.31. The van der Waals surface area contributed by atoms with Crippen LogP contribution in [0.3, 0.4) is 0 Å². The van der Waals surface area contributed by atoms with E-state index in [1.165, 1.54) is 6.08 Å². The second kappa shape index (κ2) is 7.84. The molecular weight excluding hydrogens is 302 g/mol. The zero-order chi connectivity index (χ0) is 17.5. The molecule has 122 valence electrons. The second-order valence-electron chi connectivity index (χ2n) is 5.31. The molecule has 0 spiro atoms. The molecule has 0 unspecified atom stereocenters. The van der Waals surface area contributed by atoms with Gasteiger partial charge in [-0.25, -0.2) is 0 Å². The van der Waals surface area contributed by atoms with E-state index >= 15 is 0 Å². The van der Waals surface area contributed by atoms with Gasteiger partial charge < -0.3 is 15.0 Å². The molecule has 0 heterocycles. The number of carbonyl (C=O) groups excluding carboxylic acids is 1. The number of hydrogen-bond acceptors (Lipinski definition) is 4. The molecule has 24 heavy (non-hydrogen) atoms. The predicted octanol–water partition coefficient (Wildman–Crippen LogP) is 3.31. The third-order valence-electron chi connectivity index (χ3n) is 3.45. The molecule has 1 amide bonds. The highest BCUT2D eigenvalue weighted by molar-refractivity contribution is 6.09. The summed E-state index contributed by atoms with van der Waals surface area (Å²) in [5.74, 6) is 0.148. The average Bonchev–Trinajstić information content (AvgIpc) is 2.60. The van der Waals surface area contributed by atoms with Crippen molar-refractivity contribution in [2.24, 2.45) is 0 Å². The third-order valence-corrected chi connectivity index (χ3v) is 3.45. The molecule has 0 saturated heterocycles. The fourth-order valence-electron chi connectivity index (χ4n) is 2.13. The zero-order valence-electron chi connectivity index (χ0n) is 13.9. The molecule has 0 bridgehead atoms. The van der Waals surface area contributed by atoms with Gasteiger partial charge in [0.15, 0.2) is 0 Å². The highest BCUT2D eigenvalue weighted by Gasteiger charge is 2.11. The fraction of sp³-hybridized carbons (Fsp3) is 0.158. The Hall–Kier alpha value is -3.26. The molecule has 1 N–H and O–H groups in total. The molecule has 0 fully saturated rings. The van der Waals surface area contributed by atoms with Crippen molar-refractivity contribution >= 4 is 23.4 Å². The van der Waals surface area contributed by atoms with Gasteiger partial charge in [0, 0.05) is 31.0 Å². The van der Waals surface area contributed by atoms with Crippen molar-refractivity contribution < 1.29 is 9.53 Å². The highest BCUT2D eigenvalue weighted by Crippen LogP contribution is 2.21. The molecule has 0 aliphatic carbocycles. The Labute approximate surface area is 141 Å². The summed E-state index contributed by atoms with van der Waals surface area (Å²) in [4.78, 5) is 14.3. The van der Waals surface area contributed by atoms with E-state index < -0.39 is 5.91 Å². The van der Waals surface area contributed by atoms with Crippen LogP contribution >= 0.6 is 0 Å². The molecular formula is C19H19N3O2. The van der Waals surface area contributed by atoms with E-state index in [9.17, 15) is 10.1 Å². The van der Waals surface area contributed by atoms with Crippen LogP contribution in [0, 0.1) is 11.3 Å². The molecule has 2 aromatic rings. The number of hydrogen-bond donors (Lipinski definition) is 1. The summed E-state index contributed by atoms with van der Waals surface area (Å²) in [6.45, 7) is 0. The monoisotopic (exact) mass is 321 g/mol. The minimum absolute atomic E-state index is 0.0104. The molecule has 0 aromatic heterocycles. The number of rotatable bonds is 5. The van der Waals surface area contributed by atoms with Gasteiger partial charge in [-0.2, -0.15) is 5.26 Å². The van der Waals surface area contributed by atoms with Crippen molar-refractivity contribution in [1.82, 2.24) is 0 Å². The highest BCUT2D eigenvalue weighted by atomic mass is 16.5. The summed E-state index contributed by atoms with van der Waals surface area (Å²) >= 11 is 0. The Balaban J connectivity index is 2.20. The van der Waals surface area contributed by atoms with Crippen molar-refractivity contribution in [1.29, 1.82) is 5.26 Å². The number of benzene rings is 2. The summed E-state index contributed by atoms with van der Waals surface area (Å²) in [5, 5.41) is 12.0. The van der Waals surface area contributed by atoms with E-state index in [1.807, 2.05) is 49.3 Å². The Morgan fingerprint density at radius 3 is 2.42 bits per heavy atom. The predicted molar refractivity (Wildman–Crippen MR) is 96.0 cm³/mol. The Morgan fingerprint density at radius 2 is 1.83 bits per heavy atom. The van der Waals surface area contributed by atoms with Gasteiger partial charge in [-0.3, -0.25) is 4.79 Å². The standard InChI is InChI=1S/C19H19N3O2/c1-22(2)17-10-8-16(9-11-17)21-19(23)15(13-20)12-14-6-4-5-7-18(14)24-3/h4-12H,1-3H3,(H,21,23)/b15-12+. The number of carbonyl (C=O) groups is 1. The van der Waals surface area contributed by atoms with Crippen LogP contribution in [0.25, 0.3) is 6.08 Å². The first-order valence-corrected chi connectivity index (χ1v) is 7.38. The summed E-state index contributed by atoms with van der Waals surface area (Å²) < 4.78 is 5.23. The molecule has 0 aliphatic rings. The fourth-order valence-corrected chi connectivity index (χ4v) is 2.13.